The van der Waals surface area contributed by atoms with Gasteiger partial charge in [-0.05, 0) is 31.9 Å². The van der Waals surface area contributed by atoms with Gasteiger partial charge in [-0.3, -0.25) is 4.90 Å². The van der Waals surface area contributed by atoms with E-state index < -0.39 is 11.8 Å². The molecule has 7 heteroatoms. The lowest BCUT2D eigenvalue weighted by atomic mass is 9.91. The van der Waals surface area contributed by atoms with Gasteiger partial charge in [0.25, 0.3) is 0 Å². The molecule has 3 heterocycles. The van der Waals surface area contributed by atoms with Gasteiger partial charge in [0, 0.05) is 31.5 Å². The summed E-state index contributed by atoms with van der Waals surface area (Å²) >= 11 is 0. The number of rotatable bonds is 2. The van der Waals surface area contributed by atoms with Gasteiger partial charge in [0.05, 0.1) is 5.69 Å². The Labute approximate surface area is 126 Å². The van der Waals surface area contributed by atoms with Crippen LogP contribution in [-0.2, 0) is 6.54 Å². The Morgan fingerprint density at radius 2 is 1.95 bits per heavy atom. The first-order chi connectivity index (χ1) is 10.3. The Bertz CT molecular complexity index is 672. The second kappa shape index (κ2) is 5.24. The maximum Gasteiger partial charge on any atom is 0.417 e. The predicted octanol–water partition coefficient (Wildman–Crippen LogP) is 2.53. The number of piperidine rings is 1. The number of nitrogens with zero attached hydrogens (tertiary/aromatic N) is 3. The van der Waals surface area contributed by atoms with Crippen LogP contribution >= 0.6 is 0 Å². The summed E-state index contributed by atoms with van der Waals surface area (Å²) < 4.78 is 40.3. The van der Waals surface area contributed by atoms with Crippen LogP contribution < -0.4 is 0 Å². The van der Waals surface area contributed by atoms with E-state index in [1.54, 1.807) is 0 Å². The summed E-state index contributed by atoms with van der Waals surface area (Å²) in [6.07, 6.45) is -3.22. The number of aryl methyl sites for hydroxylation is 1. The van der Waals surface area contributed by atoms with E-state index in [9.17, 15) is 18.3 Å². The zero-order valence-electron chi connectivity index (χ0n) is 12.3. The highest BCUT2D eigenvalue weighted by atomic mass is 19.4. The Balaban J connectivity index is 1.69. The first kappa shape index (κ1) is 15.3. The molecular formula is C15H18F3N3O. The summed E-state index contributed by atoms with van der Waals surface area (Å²) in [4.78, 5) is 6.39. The normalized spacial score (nSPS) is 19.7. The molecule has 0 bridgehead atoms. The molecule has 1 N–H and O–H groups in total. The zero-order valence-corrected chi connectivity index (χ0v) is 12.3. The molecule has 0 saturated carbocycles. The Morgan fingerprint density at radius 3 is 2.55 bits per heavy atom. The molecule has 0 unspecified atom stereocenters. The monoisotopic (exact) mass is 313 g/mol. The smallest absolute Gasteiger partial charge is 0.380 e. The molecule has 22 heavy (non-hydrogen) atoms. The SMILES string of the molecule is Cc1cccc2nc(CN3CCC(O)(C(F)(F)F)CC3)cn12. The predicted molar refractivity (Wildman–Crippen MR) is 75.4 cm³/mol. The number of pyridine rings is 1. The molecule has 1 aliphatic rings. The van der Waals surface area contributed by atoms with Crippen molar-refractivity contribution in [2.24, 2.45) is 0 Å². The first-order valence-corrected chi connectivity index (χ1v) is 7.24. The molecule has 3 rings (SSSR count). The Morgan fingerprint density at radius 1 is 1.27 bits per heavy atom. The lowest BCUT2D eigenvalue weighted by Gasteiger charge is -2.38. The van der Waals surface area contributed by atoms with E-state index in [0.717, 1.165) is 17.0 Å². The zero-order chi connectivity index (χ0) is 16.0. The number of aliphatic hydroxyl groups is 1. The highest BCUT2D eigenvalue weighted by molar-refractivity contribution is 5.41. The topological polar surface area (TPSA) is 40.8 Å². The standard InChI is InChI=1S/C15H18F3N3O/c1-11-3-2-4-13-19-12(10-21(11)13)9-20-7-5-14(22,6-8-20)15(16,17)18/h2-4,10,22H,5-9H2,1H3. The summed E-state index contributed by atoms with van der Waals surface area (Å²) in [6.45, 7) is 2.89. The van der Waals surface area contributed by atoms with Gasteiger partial charge in [0.15, 0.2) is 5.60 Å². The number of aromatic nitrogens is 2. The molecule has 4 nitrogen and oxygen atoms in total. The molecule has 2 aromatic heterocycles. The average molecular weight is 313 g/mol. The number of likely N-dealkylation sites (tertiary alicyclic amines) is 1. The Kier molecular flexibility index (Phi) is 3.65. The summed E-state index contributed by atoms with van der Waals surface area (Å²) in [5.41, 5.74) is 0.172. The number of hydrogen-bond donors (Lipinski definition) is 1. The quantitative estimate of drug-likeness (QED) is 0.926. The molecular weight excluding hydrogens is 295 g/mol. The third-order valence-corrected chi connectivity index (χ3v) is 4.34. The number of alkyl halides is 3. The highest BCUT2D eigenvalue weighted by Gasteiger charge is 2.54. The summed E-state index contributed by atoms with van der Waals surface area (Å²) in [5, 5.41) is 9.67. The van der Waals surface area contributed by atoms with Crippen molar-refractivity contribution in [2.45, 2.75) is 38.1 Å². The van der Waals surface area contributed by atoms with Gasteiger partial charge in [0.1, 0.15) is 5.65 Å². The van der Waals surface area contributed by atoms with E-state index in [2.05, 4.69) is 4.98 Å². The number of imidazole rings is 1. The van der Waals surface area contributed by atoms with E-state index >= 15 is 0 Å². The van der Waals surface area contributed by atoms with Crippen molar-refractivity contribution in [2.75, 3.05) is 13.1 Å². The fourth-order valence-corrected chi connectivity index (χ4v) is 2.87. The van der Waals surface area contributed by atoms with Crippen LogP contribution in [0.5, 0.6) is 0 Å². The average Bonchev–Trinajstić information content (AvgIpc) is 2.84. The summed E-state index contributed by atoms with van der Waals surface area (Å²) in [7, 11) is 0. The second-order valence-electron chi connectivity index (χ2n) is 5.93. The van der Waals surface area contributed by atoms with Crippen LogP contribution in [-0.4, -0.2) is 44.3 Å². The van der Waals surface area contributed by atoms with Crippen LogP contribution in [0.25, 0.3) is 5.65 Å². The van der Waals surface area contributed by atoms with Crippen molar-refractivity contribution >= 4 is 5.65 Å². The summed E-state index contributed by atoms with van der Waals surface area (Å²) in [5.74, 6) is 0. The van der Waals surface area contributed by atoms with Gasteiger partial charge in [0.2, 0.25) is 0 Å². The fourth-order valence-electron chi connectivity index (χ4n) is 2.87. The lowest BCUT2D eigenvalue weighted by Crippen LogP contribution is -2.53. The first-order valence-electron chi connectivity index (χ1n) is 7.24. The molecule has 0 amide bonds. The van der Waals surface area contributed by atoms with Gasteiger partial charge < -0.3 is 9.51 Å². The molecule has 120 valence electrons. The van der Waals surface area contributed by atoms with Crippen molar-refractivity contribution in [3.05, 3.63) is 35.8 Å². The van der Waals surface area contributed by atoms with E-state index in [-0.39, 0.29) is 25.9 Å². The molecule has 0 spiro atoms. The highest BCUT2D eigenvalue weighted by Crippen LogP contribution is 2.38. The number of fused-ring (bicyclic) bond motifs is 1. The minimum Gasteiger partial charge on any atom is -0.380 e. The van der Waals surface area contributed by atoms with Crippen LogP contribution in [0.4, 0.5) is 13.2 Å². The number of hydrogen-bond acceptors (Lipinski definition) is 3. The van der Waals surface area contributed by atoms with Crippen molar-refractivity contribution in [3.63, 3.8) is 0 Å². The maximum absolute atomic E-state index is 12.8. The maximum atomic E-state index is 12.8. The number of halogens is 3. The fraction of sp³-hybridized carbons (Fsp3) is 0.533. The van der Waals surface area contributed by atoms with Crippen molar-refractivity contribution < 1.29 is 18.3 Å². The van der Waals surface area contributed by atoms with Crippen LogP contribution in [0.3, 0.4) is 0 Å². The molecule has 1 fully saturated rings. The molecule has 1 aliphatic heterocycles. The van der Waals surface area contributed by atoms with Crippen LogP contribution in [0.15, 0.2) is 24.4 Å². The molecule has 2 aromatic rings. The summed E-state index contributed by atoms with van der Waals surface area (Å²) in [6, 6.07) is 5.80. The van der Waals surface area contributed by atoms with Gasteiger partial charge in [-0.25, -0.2) is 4.98 Å². The van der Waals surface area contributed by atoms with Crippen LogP contribution in [0, 0.1) is 6.92 Å². The van der Waals surface area contributed by atoms with Crippen LogP contribution in [0.2, 0.25) is 0 Å². The molecule has 1 saturated heterocycles. The van der Waals surface area contributed by atoms with Crippen molar-refractivity contribution in [1.82, 2.24) is 14.3 Å². The largest absolute Gasteiger partial charge is 0.417 e. The van der Waals surface area contributed by atoms with Gasteiger partial charge in [-0.2, -0.15) is 13.2 Å². The minimum atomic E-state index is -4.56. The van der Waals surface area contributed by atoms with Crippen molar-refractivity contribution in [3.8, 4) is 0 Å². The van der Waals surface area contributed by atoms with E-state index in [4.69, 9.17) is 0 Å². The second-order valence-corrected chi connectivity index (χ2v) is 5.93. The van der Waals surface area contributed by atoms with Gasteiger partial charge in [-0.15, -0.1) is 0 Å². The molecule has 0 aliphatic carbocycles. The van der Waals surface area contributed by atoms with E-state index in [0.29, 0.717) is 6.54 Å². The van der Waals surface area contributed by atoms with E-state index in [1.807, 2.05) is 40.6 Å². The van der Waals surface area contributed by atoms with Gasteiger partial charge in [-0.1, -0.05) is 6.07 Å². The molecule has 0 radical (unpaired) electrons. The minimum absolute atomic E-state index is 0.211. The molecule has 0 atom stereocenters. The third kappa shape index (κ3) is 2.70. The lowest BCUT2D eigenvalue weighted by molar-refractivity contribution is -0.272. The third-order valence-electron chi connectivity index (χ3n) is 4.34. The molecule has 0 aromatic carbocycles. The van der Waals surface area contributed by atoms with Gasteiger partial charge >= 0.3 is 6.18 Å². The Hall–Kier alpha value is -1.60. The van der Waals surface area contributed by atoms with Crippen molar-refractivity contribution in [1.29, 1.82) is 0 Å². The van der Waals surface area contributed by atoms with E-state index in [1.165, 1.54) is 0 Å². The van der Waals surface area contributed by atoms with Crippen LogP contribution in [0.1, 0.15) is 24.2 Å².